The Morgan fingerprint density at radius 3 is 3.00 bits per heavy atom. The summed E-state index contributed by atoms with van der Waals surface area (Å²) in [5, 5.41) is 9.32. The molecule has 0 aromatic carbocycles. The van der Waals surface area contributed by atoms with E-state index in [4.69, 9.17) is 5.11 Å². The molecule has 1 rings (SSSR count). The van der Waals surface area contributed by atoms with Crippen LogP contribution in [0.4, 0.5) is 0 Å². The molecule has 10 heavy (non-hydrogen) atoms. The smallest absolute Gasteiger partial charge is 0.114 e. The Bertz CT molecular complexity index is 180. The molecule has 0 aliphatic rings. The molecule has 0 spiro atoms. The maximum absolute atomic E-state index is 8.46. The minimum atomic E-state index is 0.182. The molecule has 0 bridgehead atoms. The predicted octanol–water partition coefficient (Wildman–Crippen LogP) is 0.561. The van der Waals surface area contributed by atoms with Crippen LogP contribution < -0.4 is 0 Å². The van der Waals surface area contributed by atoms with Gasteiger partial charge in [0.25, 0.3) is 0 Å². The minimum Gasteiger partial charge on any atom is -0.396 e. The van der Waals surface area contributed by atoms with E-state index in [0.717, 1.165) is 5.03 Å². The normalized spacial score (nSPS) is 9.70. The SMILES string of the molecule is OCCSc1cnccn1. The fourth-order valence-corrected chi connectivity index (χ4v) is 1.08. The van der Waals surface area contributed by atoms with Crippen LogP contribution in [0.3, 0.4) is 0 Å². The maximum atomic E-state index is 8.46. The van der Waals surface area contributed by atoms with Crippen molar-refractivity contribution in [2.24, 2.45) is 0 Å². The molecule has 1 aromatic rings. The Balaban J connectivity index is 2.43. The summed E-state index contributed by atoms with van der Waals surface area (Å²) >= 11 is 1.50. The molecule has 0 saturated carbocycles. The van der Waals surface area contributed by atoms with E-state index in [9.17, 15) is 0 Å². The third kappa shape index (κ3) is 2.33. The zero-order valence-electron chi connectivity index (χ0n) is 5.40. The van der Waals surface area contributed by atoms with Crippen LogP contribution in [0, 0.1) is 0 Å². The first-order chi connectivity index (χ1) is 4.93. The molecule has 1 aromatic heterocycles. The lowest BCUT2D eigenvalue weighted by Gasteiger charge is -1.94. The second-order valence-corrected chi connectivity index (χ2v) is 2.73. The second-order valence-electron chi connectivity index (χ2n) is 1.62. The van der Waals surface area contributed by atoms with Gasteiger partial charge in [-0.15, -0.1) is 11.8 Å². The van der Waals surface area contributed by atoms with Gasteiger partial charge in [-0.3, -0.25) is 4.98 Å². The highest BCUT2D eigenvalue weighted by Gasteiger charge is 1.90. The van der Waals surface area contributed by atoms with Gasteiger partial charge in [0, 0.05) is 18.1 Å². The summed E-state index contributed by atoms with van der Waals surface area (Å²) in [6.45, 7) is 0.182. The van der Waals surface area contributed by atoms with Crippen LogP contribution in [0.15, 0.2) is 23.6 Å². The van der Waals surface area contributed by atoms with E-state index in [1.807, 2.05) is 0 Å². The minimum absolute atomic E-state index is 0.182. The zero-order valence-corrected chi connectivity index (χ0v) is 6.21. The van der Waals surface area contributed by atoms with Gasteiger partial charge in [0.2, 0.25) is 0 Å². The number of aliphatic hydroxyl groups is 1. The molecular weight excluding hydrogens is 148 g/mol. The molecule has 0 unspecified atom stereocenters. The van der Waals surface area contributed by atoms with E-state index in [1.54, 1.807) is 18.6 Å². The highest BCUT2D eigenvalue weighted by atomic mass is 32.2. The molecule has 3 nitrogen and oxygen atoms in total. The molecule has 0 fully saturated rings. The van der Waals surface area contributed by atoms with Gasteiger partial charge in [-0.1, -0.05) is 0 Å². The summed E-state index contributed by atoms with van der Waals surface area (Å²) in [6, 6.07) is 0. The third-order valence-corrected chi connectivity index (χ3v) is 1.77. The molecule has 0 amide bonds. The predicted molar refractivity (Wildman–Crippen MR) is 39.8 cm³/mol. The quantitative estimate of drug-likeness (QED) is 0.649. The van der Waals surface area contributed by atoms with Crippen LogP contribution in [0.1, 0.15) is 0 Å². The van der Waals surface area contributed by atoms with Crippen molar-refractivity contribution in [3.05, 3.63) is 18.6 Å². The maximum Gasteiger partial charge on any atom is 0.114 e. The van der Waals surface area contributed by atoms with Crippen molar-refractivity contribution in [3.8, 4) is 0 Å². The summed E-state index contributed by atoms with van der Waals surface area (Å²) in [5.74, 6) is 0.679. The van der Waals surface area contributed by atoms with E-state index in [-0.39, 0.29) is 6.61 Å². The Labute approximate surface area is 63.5 Å². The first-order valence-electron chi connectivity index (χ1n) is 2.93. The molecular formula is C6H8N2OS. The van der Waals surface area contributed by atoms with Gasteiger partial charge in [0.15, 0.2) is 0 Å². The summed E-state index contributed by atoms with van der Waals surface area (Å²) in [4.78, 5) is 7.88. The Kier molecular flexibility index (Phi) is 3.18. The summed E-state index contributed by atoms with van der Waals surface area (Å²) in [7, 11) is 0. The number of hydrogen-bond acceptors (Lipinski definition) is 4. The van der Waals surface area contributed by atoms with Gasteiger partial charge in [-0.25, -0.2) is 4.98 Å². The van der Waals surface area contributed by atoms with Crippen molar-refractivity contribution in [3.63, 3.8) is 0 Å². The summed E-state index contributed by atoms with van der Waals surface area (Å²) < 4.78 is 0. The standard InChI is InChI=1S/C6H8N2OS/c9-3-4-10-6-5-7-1-2-8-6/h1-2,5,9H,3-4H2. The Morgan fingerprint density at radius 1 is 1.50 bits per heavy atom. The van der Waals surface area contributed by atoms with E-state index in [1.165, 1.54) is 11.8 Å². The zero-order chi connectivity index (χ0) is 7.23. The molecule has 4 heteroatoms. The first-order valence-corrected chi connectivity index (χ1v) is 3.91. The molecule has 1 N–H and O–H groups in total. The van der Waals surface area contributed by atoms with Gasteiger partial charge >= 0.3 is 0 Å². The average Bonchev–Trinajstić information content (AvgIpc) is 2.03. The van der Waals surface area contributed by atoms with E-state index < -0.39 is 0 Å². The monoisotopic (exact) mass is 156 g/mol. The van der Waals surface area contributed by atoms with Gasteiger partial charge in [-0.05, 0) is 0 Å². The van der Waals surface area contributed by atoms with Gasteiger partial charge < -0.3 is 5.11 Å². The fourth-order valence-electron chi connectivity index (χ4n) is 0.510. The third-order valence-electron chi connectivity index (χ3n) is 0.881. The number of hydrogen-bond donors (Lipinski definition) is 1. The lowest BCUT2D eigenvalue weighted by atomic mass is 10.8. The highest BCUT2D eigenvalue weighted by Crippen LogP contribution is 2.10. The lowest BCUT2D eigenvalue weighted by Crippen LogP contribution is -1.87. The number of rotatable bonds is 3. The van der Waals surface area contributed by atoms with Crippen molar-refractivity contribution in [1.82, 2.24) is 9.97 Å². The van der Waals surface area contributed by atoms with Gasteiger partial charge in [0.05, 0.1) is 12.8 Å². The molecule has 0 saturated heterocycles. The largest absolute Gasteiger partial charge is 0.396 e. The van der Waals surface area contributed by atoms with E-state index in [2.05, 4.69) is 9.97 Å². The van der Waals surface area contributed by atoms with Crippen molar-refractivity contribution in [1.29, 1.82) is 0 Å². The van der Waals surface area contributed by atoms with Crippen LogP contribution in [0.25, 0.3) is 0 Å². The van der Waals surface area contributed by atoms with Crippen LogP contribution in [0.5, 0.6) is 0 Å². The van der Waals surface area contributed by atoms with Crippen LogP contribution in [-0.4, -0.2) is 27.4 Å². The van der Waals surface area contributed by atoms with E-state index in [0.29, 0.717) is 5.75 Å². The van der Waals surface area contributed by atoms with Crippen LogP contribution >= 0.6 is 11.8 Å². The molecule has 0 aliphatic heterocycles. The fraction of sp³-hybridized carbons (Fsp3) is 0.333. The highest BCUT2D eigenvalue weighted by molar-refractivity contribution is 7.99. The molecule has 0 radical (unpaired) electrons. The van der Waals surface area contributed by atoms with E-state index >= 15 is 0 Å². The number of thioether (sulfide) groups is 1. The van der Waals surface area contributed by atoms with Crippen LogP contribution in [0.2, 0.25) is 0 Å². The molecule has 0 aliphatic carbocycles. The van der Waals surface area contributed by atoms with Gasteiger partial charge in [-0.2, -0.15) is 0 Å². The number of aromatic nitrogens is 2. The lowest BCUT2D eigenvalue weighted by molar-refractivity contribution is 0.322. The first kappa shape index (κ1) is 7.50. The summed E-state index contributed by atoms with van der Waals surface area (Å²) in [6.07, 6.45) is 4.95. The van der Waals surface area contributed by atoms with Crippen LogP contribution in [-0.2, 0) is 0 Å². The topological polar surface area (TPSA) is 46.0 Å². The van der Waals surface area contributed by atoms with Crippen molar-refractivity contribution < 1.29 is 5.11 Å². The van der Waals surface area contributed by atoms with Gasteiger partial charge in [0.1, 0.15) is 5.03 Å². The number of nitrogens with zero attached hydrogens (tertiary/aromatic N) is 2. The van der Waals surface area contributed by atoms with Crippen molar-refractivity contribution >= 4 is 11.8 Å². The number of aliphatic hydroxyl groups excluding tert-OH is 1. The summed E-state index contributed by atoms with van der Waals surface area (Å²) in [5.41, 5.74) is 0. The Morgan fingerprint density at radius 2 is 2.40 bits per heavy atom. The van der Waals surface area contributed by atoms with Crippen molar-refractivity contribution in [2.45, 2.75) is 5.03 Å². The Hall–Kier alpha value is -0.610. The van der Waals surface area contributed by atoms with Crippen molar-refractivity contribution in [2.75, 3.05) is 12.4 Å². The molecule has 1 heterocycles. The average molecular weight is 156 g/mol. The second kappa shape index (κ2) is 4.24. The molecule has 54 valence electrons. The molecule has 0 atom stereocenters.